The molecule has 0 bridgehead atoms. The molecule has 17 heavy (non-hydrogen) atoms. The summed E-state index contributed by atoms with van der Waals surface area (Å²) < 4.78 is 10.3. The number of ether oxygens (including phenoxy) is 2. The first-order valence-corrected chi connectivity index (χ1v) is 5.12. The lowest BCUT2D eigenvalue weighted by atomic mass is 10.0. The van der Waals surface area contributed by atoms with Crippen LogP contribution in [0.2, 0.25) is 0 Å². The minimum Gasteiger partial charge on any atom is -0.497 e. The van der Waals surface area contributed by atoms with Crippen molar-refractivity contribution in [2.75, 3.05) is 14.2 Å². The fourth-order valence-electron chi connectivity index (χ4n) is 1.83. The molecule has 0 aliphatic heterocycles. The largest absolute Gasteiger partial charge is 0.497 e. The van der Waals surface area contributed by atoms with Crippen LogP contribution in [0.25, 0.3) is 10.8 Å². The van der Waals surface area contributed by atoms with Gasteiger partial charge in [0.1, 0.15) is 11.5 Å². The topological polar surface area (TPSA) is 61.6 Å². The number of carbonyl (C=O) groups excluding carboxylic acids is 1. The number of hydrogen-bond acceptors (Lipinski definition) is 3. The zero-order chi connectivity index (χ0) is 12.4. The highest BCUT2D eigenvalue weighted by molar-refractivity contribution is 6.09. The number of fused-ring (bicyclic) bond motifs is 1. The predicted octanol–water partition coefficient (Wildman–Crippen LogP) is 1.96. The van der Waals surface area contributed by atoms with Crippen LogP contribution in [0.4, 0.5) is 0 Å². The van der Waals surface area contributed by atoms with E-state index in [0.717, 1.165) is 10.8 Å². The maximum Gasteiger partial charge on any atom is 0.253 e. The lowest BCUT2D eigenvalue weighted by molar-refractivity contribution is 0.0999. The summed E-state index contributed by atoms with van der Waals surface area (Å²) in [4.78, 5) is 11.5. The second kappa shape index (κ2) is 4.33. The molecule has 0 aliphatic rings. The van der Waals surface area contributed by atoms with Crippen LogP contribution in [0.1, 0.15) is 10.4 Å². The number of primary amides is 1. The highest BCUT2D eigenvalue weighted by Crippen LogP contribution is 2.30. The van der Waals surface area contributed by atoms with Crippen molar-refractivity contribution in [3.63, 3.8) is 0 Å². The Morgan fingerprint density at radius 3 is 2.41 bits per heavy atom. The Labute approximate surface area is 98.9 Å². The van der Waals surface area contributed by atoms with Crippen molar-refractivity contribution in [1.29, 1.82) is 0 Å². The van der Waals surface area contributed by atoms with E-state index >= 15 is 0 Å². The number of benzene rings is 2. The molecular formula is C13H13NO3. The van der Waals surface area contributed by atoms with E-state index in [-0.39, 0.29) is 0 Å². The summed E-state index contributed by atoms with van der Waals surface area (Å²) in [5.74, 6) is 0.632. The molecule has 2 aromatic rings. The van der Waals surface area contributed by atoms with E-state index in [2.05, 4.69) is 0 Å². The van der Waals surface area contributed by atoms with Crippen LogP contribution in [0.3, 0.4) is 0 Å². The van der Waals surface area contributed by atoms with Gasteiger partial charge in [-0.25, -0.2) is 0 Å². The summed E-state index contributed by atoms with van der Waals surface area (Å²) in [6, 6.07) is 9.09. The lowest BCUT2D eigenvalue weighted by Crippen LogP contribution is -2.13. The Hall–Kier alpha value is -2.23. The van der Waals surface area contributed by atoms with Gasteiger partial charge in [0, 0.05) is 5.39 Å². The molecule has 0 saturated carbocycles. The van der Waals surface area contributed by atoms with Gasteiger partial charge in [-0.3, -0.25) is 4.79 Å². The summed E-state index contributed by atoms with van der Waals surface area (Å²) in [5.41, 5.74) is 5.77. The third kappa shape index (κ3) is 1.89. The van der Waals surface area contributed by atoms with Crippen LogP contribution in [0.15, 0.2) is 30.3 Å². The van der Waals surface area contributed by atoms with Gasteiger partial charge in [0.25, 0.3) is 5.91 Å². The molecule has 4 heteroatoms. The molecule has 1 amide bonds. The van der Waals surface area contributed by atoms with Crippen molar-refractivity contribution < 1.29 is 14.3 Å². The maximum absolute atomic E-state index is 11.5. The minimum atomic E-state index is -0.513. The van der Waals surface area contributed by atoms with Crippen LogP contribution >= 0.6 is 0 Å². The van der Waals surface area contributed by atoms with Crippen molar-refractivity contribution in [2.45, 2.75) is 0 Å². The van der Waals surface area contributed by atoms with Crippen molar-refractivity contribution in [3.05, 3.63) is 35.9 Å². The molecule has 2 aromatic carbocycles. The molecule has 0 aliphatic carbocycles. The Balaban J connectivity index is 2.81. The Morgan fingerprint density at radius 1 is 1.12 bits per heavy atom. The maximum atomic E-state index is 11.5. The second-order valence-corrected chi connectivity index (χ2v) is 3.59. The van der Waals surface area contributed by atoms with Crippen molar-refractivity contribution in [3.8, 4) is 11.5 Å². The fraction of sp³-hybridized carbons (Fsp3) is 0.154. The van der Waals surface area contributed by atoms with Gasteiger partial charge >= 0.3 is 0 Å². The number of nitrogens with two attached hydrogens (primary N) is 1. The normalized spacial score (nSPS) is 10.2. The molecule has 0 atom stereocenters. The van der Waals surface area contributed by atoms with Gasteiger partial charge in [-0.2, -0.15) is 0 Å². The average Bonchev–Trinajstić information content (AvgIpc) is 2.36. The first kappa shape index (κ1) is 11.3. The van der Waals surface area contributed by atoms with E-state index in [1.165, 1.54) is 7.11 Å². The summed E-state index contributed by atoms with van der Waals surface area (Å²) >= 11 is 0. The van der Waals surface area contributed by atoms with Gasteiger partial charge < -0.3 is 15.2 Å². The molecule has 0 radical (unpaired) electrons. The highest BCUT2D eigenvalue weighted by Gasteiger charge is 2.13. The van der Waals surface area contributed by atoms with Crippen molar-refractivity contribution in [1.82, 2.24) is 0 Å². The summed E-state index contributed by atoms with van der Waals surface area (Å²) in [6.45, 7) is 0. The molecule has 0 unspecified atom stereocenters. The average molecular weight is 231 g/mol. The van der Waals surface area contributed by atoms with Crippen LogP contribution in [0.5, 0.6) is 11.5 Å². The van der Waals surface area contributed by atoms with Gasteiger partial charge in [0.15, 0.2) is 0 Å². The Morgan fingerprint density at radius 2 is 1.82 bits per heavy atom. The van der Waals surface area contributed by atoms with E-state index in [1.54, 1.807) is 19.2 Å². The predicted molar refractivity (Wildman–Crippen MR) is 65.6 cm³/mol. The summed E-state index contributed by atoms with van der Waals surface area (Å²) in [5, 5.41) is 1.65. The summed E-state index contributed by atoms with van der Waals surface area (Å²) in [7, 11) is 3.08. The molecule has 2 rings (SSSR count). The number of hydrogen-bond donors (Lipinski definition) is 1. The molecule has 2 N–H and O–H groups in total. The zero-order valence-electron chi connectivity index (χ0n) is 9.69. The van der Waals surface area contributed by atoms with Crippen LogP contribution in [-0.2, 0) is 0 Å². The van der Waals surface area contributed by atoms with E-state index in [1.807, 2.05) is 18.2 Å². The second-order valence-electron chi connectivity index (χ2n) is 3.59. The molecule has 0 spiro atoms. The first-order chi connectivity index (χ1) is 8.17. The first-order valence-electron chi connectivity index (χ1n) is 5.12. The third-order valence-electron chi connectivity index (χ3n) is 2.66. The van der Waals surface area contributed by atoms with E-state index < -0.39 is 5.91 Å². The molecule has 88 valence electrons. The molecule has 0 aromatic heterocycles. The Bertz CT molecular complexity index is 573. The van der Waals surface area contributed by atoms with Gasteiger partial charge in [-0.15, -0.1) is 0 Å². The van der Waals surface area contributed by atoms with Crippen molar-refractivity contribution >= 4 is 16.7 Å². The standard InChI is InChI=1S/C13H13NO3/c1-16-9-5-3-8-4-6-11(17-2)12(13(14)15)10(8)7-9/h3-7H,1-2H3,(H2,14,15). The number of rotatable bonds is 3. The molecular weight excluding hydrogens is 218 g/mol. The number of amides is 1. The third-order valence-corrected chi connectivity index (χ3v) is 2.66. The van der Waals surface area contributed by atoms with Gasteiger partial charge in [0.05, 0.1) is 19.8 Å². The smallest absolute Gasteiger partial charge is 0.253 e. The fourth-order valence-corrected chi connectivity index (χ4v) is 1.83. The van der Waals surface area contributed by atoms with Crippen LogP contribution in [-0.4, -0.2) is 20.1 Å². The quantitative estimate of drug-likeness (QED) is 0.878. The zero-order valence-corrected chi connectivity index (χ0v) is 9.69. The van der Waals surface area contributed by atoms with Crippen LogP contribution < -0.4 is 15.2 Å². The van der Waals surface area contributed by atoms with E-state index in [4.69, 9.17) is 15.2 Å². The minimum absolute atomic E-state index is 0.379. The monoisotopic (exact) mass is 231 g/mol. The molecule has 0 heterocycles. The van der Waals surface area contributed by atoms with E-state index in [9.17, 15) is 4.79 Å². The molecule has 0 fully saturated rings. The SMILES string of the molecule is COc1ccc2ccc(OC)c(C(N)=O)c2c1. The van der Waals surface area contributed by atoms with Crippen LogP contribution in [0, 0.1) is 0 Å². The highest BCUT2D eigenvalue weighted by atomic mass is 16.5. The van der Waals surface area contributed by atoms with Gasteiger partial charge in [-0.05, 0) is 23.6 Å². The Kier molecular flexibility index (Phi) is 2.87. The van der Waals surface area contributed by atoms with Gasteiger partial charge in [0.2, 0.25) is 0 Å². The lowest BCUT2D eigenvalue weighted by Gasteiger charge is -2.10. The molecule has 0 saturated heterocycles. The van der Waals surface area contributed by atoms with Crippen molar-refractivity contribution in [2.24, 2.45) is 5.73 Å². The molecule has 4 nitrogen and oxygen atoms in total. The van der Waals surface area contributed by atoms with E-state index in [0.29, 0.717) is 17.1 Å². The number of carbonyl (C=O) groups is 1. The van der Waals surface area contributed by atoms with Gasteiger partial charge in [-0.1, -0.05) is 12.1 Å². The summed E-state index contributed by atoms with van der Waals surface area (Å²) in [6.07, 6.45) is 0. The number of methoxy groups -OCH3 is 2.